The van der Waals surface area contributed by atoms with Gasteiger partial charge in [0.25, 0.3) is 0 Å². The molecule has 0 radical (unpaired) electrons. The molecule has 2 saturated carbocycles. The van der Waals surface area contributed by atoms with Crippen molar-refractivity contribution in [3.05, 3.63) is 11.6 Å². The first-order chi connectivity index (χ1) is 15.3. The molecule has 0 aromatic rings. The molecule has 32 heavy (non-hydrogen) atoms. The van der Waals surface area contributed by atoms with E-state index >= 15 is 0 Å². The third-order valence-corrected chi connectivity index (χ3v) is 8.14. The summed E-state index contributed by atoms with van der Waals surface area (Å²) in [4.78, 5) is 14.7. The van der Waals surface area contributed by atoms with Crippen LogP contribution in [0.25, 0.3) is 0 Å². The van der Waals surface area contributed by atoms with E-state index in [0.29, 0.717) is 17.9 Å². The van der Waals surface area contributed by atoms with E-state index in [4.69, 9.17) is 14.9 Å². The number of nitrogens with zero attached hydrogens (tertiary/aromatic N) is 2. The average molecular weight is 453 g/mol. The molecular formula is C26H48N2O4. The number of rotatable bonds is 7. The van der Waals surface area contributed by atoms with Crippen LogP contribution >= 0.6 is 0 Å². The van der Waals surface area contributed by atoms with Crippen LogP contribution < -0.4 is 0 Å². The van der Waals surface area contributed by atoms with Gasteiger partial charge >= 0.3 is 6.09 Å². The van der Waals surface area contributed by atoms with Gasteiger partial charge < -0.3 is 24.7 Å². The maximum atomic E-state index is 10.7. The Morgan fingerprint density at radius 1 is 1.09 bits per heavy atom. The molecule has 2 aliphatic carbocycles. The second kappa shape index (κ2) is 12.4. The monoisotopic (exact) mass is 452 g/mol. The lowest BCUT2D eigenvalue weighted by molar-refractivity contribution is 0.146. The number of fused-ring (bicyclic) bond motifs is 1. The molecule has 186 valence electrons. The summed E-state index contributed by atoms with van der Waals surface area (Å²) < 4.78 is 5.95. The molecular weight excluding hydrogens is 404 g/mol. The van der Waals surface area contributed by atoms with Crippen LogP contribution in [-0.4, -0.2) is 77.6 Å². The third-order valence-electron chi connectivity index (χ3n) is 8.14. The summed E-state index contributed by atoms with van der Waals surface area (Å²) in [6, 6.07) is 0. The van der Waals surface area contributed by atoms with Gasteiger partial charge in [0, 0.05) is 26.7 Å². The molecule has 0 spiro atoms. The third kappa shape index (κ3) is 6.94. The van der Waals surface area contributed by atoms with Crippen molar-refractivity contribution in [3.63, 3.8) is 0 Å². The van der Waals surface area contributed by atoms with Crippen LogP contribution in [0.3, 0.4) is 0 Å². The Kier molecular flexibility index (Phi) is 10.5. The van der Waals surface area contributed by atoms with Gasteiger partial charge in [0.1, 0.15) is 0 Å². The van der Waals surface area contributed by atoms with Crippen LogP contribution in [0, 0.1) is 23.7 Å². The number of hydrogen-bond donors (Lipinski definition) is 2. The predicted octanol–water partition coefficient (Wildman–Crippen LogP) is 4.87. The number of hydrogen-bond acceptors (Lipinski definition) is 4. The molecule has 2 saturated heterocycles. The molecule has 1 amide bonds. The Hall–Kier alpha value is -1.11. The van der Waals surface area contributed by atoms with Crippen LogP contribution in [0.4, 0.5) is 4.79 Å². The van der Waals surface area contributed by atoms with E-state index in [1.54, 1.807) is 4.90 Å². The van der Waals surface area contributed by atoms with E-state index in [1.807, 2.05) is 0 Å². The second-order valence-corrected chi connectivity index (χ2v) is 10.3. The summed E-state index contributed by atoms with van der Waals surface area (Å²) in [5.41, 5.74) is 1.64. The number of allylic oxidation sites excluding steroid dienone is 1. The largest absolute Gasteiger partial charge is 0.465 e. The van der Waals surface area contributed by atoms with Crippen molar-refractivity contribution in [2.24, 2.45) is 23.7 Å². The second-order valence-electron chi connectivity index (χ2n) is 10.3. The van der Waals surface area contributed by atoms with E-state index in [0.717, 1.165) is 58.1 Å². The van der Waals surface area contributed by atoms with Crippen molar-refractivity contribution in [2.75, 3.05) is 39.8 Å². The highest BCUT2D eigenvalue weighted by atomic mass is 16.6. The van der Waals surface area contributed by atoms with Crippen molar-refractivity contribution >= 4 is 6.09 Å². The molecule has 2 aliphatic heterocycles. The average Bonchev–Trinajstić information content (AvgIpc) is 3.60. The van der Waals surface area contributed by atoms with Crippen molar-refractivity contribution in [2.45, 2.75) is 84.8 Å². The van der Waals surface area contributed by atoms with Crippen molar-refractivity contribution in [1.82, 2.24) is 9.80 Å². The van der Waals surface area contributed by atoms with Crippen LogP contribution in [0.15, 0.2) is 11.6 Å². The topological polar surface area (TPSA) is 76.5 Å². The summed E-state index contributed by atoms with van der Waals surface area (Å²) in [6.45, 7) is 15.9. The molecule has 4 unspecified atom stereocenters. The number of amides is 1. The molecule has 4 atom stereocenters. The van der Waals surface area contributed by atoms with E-state index < -0.39 is 6.09 Å². The summed E-state index contributed by atoms with van der Waals surface area (Å²) in [7, 11) is 1.00. The van der Waals surface area contributed by atoms with Crippen LogP contribution in [0.1, 0.15) is 73.1 Å². The lowest BCUT2D eigenvalue weighted by Crippen LogP contribution is -2.33. The zero-order valence-corrected chi connectivity index (χ0v) is 21.3. The first-order valence-electron chi connectivity index (χ1n) is 12.8. The number of likely N-dealkylation sites (tertiary alicyclic amines) is 1. The Bertz CT molecular complexity index is 599. The summed E-state index contributed by atoms with van der Waals surface area (Å²) >= 11 is 0. The predicted molar refractivity (Wildman–Crippen MR) is 130 cm³/mol. The highest BCUT2D eigenvalue weighted by Gasteiger charge is 2.57. The van der Waals surface area contributed by atoms with Gasteiger partial charge in [-0.2, -0.15) is 0 Å². The molecule has 6 heteroatoms. The molecule has 0 aromatic heterocycles. The molecule has 4 fully saturated rings. The summed E-state index contributed by atoms with van der Waals surface area (Å²) in [5.74, 6) is 2.91. The fourth-order valence-corrected chi connectivity index (χ4v) is 5.79. The Balaban J connectivity index is 0.000000211. The number of carboxylic acid groups (broad SMARTS) is 1. The zero-order chi connectivity index (χ0) is 23.9. The number of carbonyl (C=O) groups is 1. The number of aliphatic hydroxyl groups is 1. The van der Waals surface area contributed by atoms with Crippen LogP contribution in [0.2, 0.25) is 0 Å². The minimum atomic E-state index is -0.746. The van der Waals surface area contributed by atoms with E-state index in [-0.39, 0.29) is 5.60 Å². The molecule has 4 rings (SSSR count). The lowest BCUT2D eigenvalue weighted by Gasteiger charge is -2.25. The SMILES string of the molecule is CC(C)=CCC1OC1(C)C1CCCCC1.CCN(CC)CC1C2CN(C(=O)O)CC12.CO. The van der Waals surface area contributed by atoms with Gasteiger partial charge in [0.15, 0.2) is 0 Å². The number of epoxide rings is 1. The van der Waals surface area contributed by atoms with Gasteiger partial charge in [0.2, 0.25) is 0 Å². The summed E-state index contributed by atoms with van der Waals surface area (Å²) in [6.07, 6.45) is 10.3. The zero-order valence-electron chi connectivity index (χ0n) is 21.3. The number of piperidine rings is 1. The molecule has 4 aliphatic rings. The van der Waals surface area contributed by atoms with Crippen LogP contribution in [-0.2, 0) is 4.74 Å². The molecule has 0 bridgehead atoms. The standard InChI is InChI=1S/C14H24O.C11H20N2O2.CH4O/c1-11(2)9-10-13-14(3,15-13)12-7-5-4-6-8-12;1-3-12(4-2)5-8-9-6-13(11(14)15)7-10(8)9;1-2/h9,12-13H,4-8,10H2,1-3H3;8-10H,3-7H2,1-2H3,(H,14,15);2H,1H3. The van der Waals surface area contributed by atoms with Crippen molar-refractivity contribution < 1.29 is 19.7 Å². The number of aliphatic hydroxyl groups excluding tert-OH is 1. The van der Waals surface area contributed by atoms with Gasteiger partial charge in [-0.25, -0.2) is 4.79 Å². The first-order valence-corrected chi connectivity index (χ1v) is 12.8. The summed E-state index contributed by atoms with van der Waals surface area (Å²) in [5, 5.41) is 15.8. The number of ether oxygens (including phenoxy) is 1. The maximum absolute atomic E-state index is 10.7. The van der Waals surface area contributed by atoms with Crippen molar-refractivity contribution in [3.8, 4) is 0 Å². The molecule has 2 N–H and O–H groups in total. The molecule has 0 aromatic carbocycles. The Labute approximate surface area is 196 Å². The minimum absolute atomic E-state index is 0.229. The van der Waals surface area contributed by atoms with Gasteiger partial charge in [0.05, 0.1) is 11.7 Å². The minimum Gasteiger partial charge on any atom is -0.465 e. The van der Waals surface area contributed by atoms with E-state index in [1.165, 1.54) is 37.7 Å². The molecule has 2 heterocycles. The lowest BCUT2D eigenvalue weighted by atomic mass is 9.78. The maximum Gasteiger partial charge on any atom is 0.407 e. The highest BCUT2D eigenvalue weighted by Crippen LogP contribution is 2.52. The Morgan fingerprint density at radius 2 is 1.66 bits per heavy atom. The van der Waals surface area contributed by atoms with Crippen LogP contribution in [0.5, 0.6) is 0 Å². The van der Waals surface area contributed by atoms with Gasteiger partial charge in [-0.1, -0.05) is 44.8 Å². The van der Waals surface area contributed by atoms with E-state index in [2.05, 4.69) is 45.6 Å². The van der Waals surface area contributed by atoms with Gasteiger partial charge in [-0.15, -0.1) is 0 Å². The Morgan fingerprint density at radius 3 is 2.12 bits per heavy atom. The smallest absolute Gasteiger partial charge is 0.407 e. The van der Waals surface area contributed by atoms with E-state index in [9.17, 15) is 4.79 Å². The quantitative estimate of drug-likeness (QED) is 0.426. The molecule has 6 nitrogen and oxygen atoms in total. The highest BCUT2D eigenvalue weighted by molar-refractivity contribution is 5.65. The van der Waals surface area contributed by atoms with Gasteiger partial charge in [-0.3, -0.25) is 0 Å². The fraction of sp³-hybridized carbons (Fsp3) is 0.885. The fourth-order valence-electron chi connectivity index (χ4n) is 5.79. The first kappa shape index (κ1) is 27.1. The van der Waals surface area contributed by atoms with Crippen molar-refractivity contribution in [1.29, 1.82) is 0 Å². The normalized spacial score (nSPS) is 32.8. The van der Waals surface area contributed by atoms with Gasteiger partial charge in [-0.05, 0) is 76.8 Å².